The van der Waals surface area contributed by atoms with Crippen molar-refractivity contribution >= 4 is 27.5 Å². The zero-order valence-corrected chi connectivity index (χ0v) is 18.2. The number of carbonyl (C=O) groups excluding carboxylic acids is 1. The predicted octanol–water partition coefficient (Wildman–Crippen LogP) is 5.03. The minimum Gasteiger partial charge on any atom is -0.431 e. The van der Waals surface area contributed by atoms with E-state index in [0.29, 0.717) is 23.3 Å². The fourth-order valence-corrected chi connectivity index (χ4v) is 5.90. The molecule has 3 aromatic rings. The summed E-state index contributed by atoms with van der Waals surface area (Å²) in [7, 11) is 0. The smallest absolute Gasteiger partial charge is 0.279 e. The van der Waals surface area contributed by atoms with Gasteiger partial charge in [-0.3, -0.25) is 9.69 Å². The summed E-state index contributed by atoms with van der Waals surface area (Å²) in [5, 5.41) is 3.80. The molecule has 0 spiro atoms. The van der Waals surface area contributed by atoms with Crippen molar-refractivity contribution in [2.24, 2.45) is 0 Å². The fourth-order valence-electron chi connectivity index (χ4n) is 4.97. The summed E-state index contributed by atoms with van der Waals surface area (Å²) < 4.78 is 7.16. The molecule has 2 fully saturated rings. The average molecular weight is 422 g/mol. The second-order valence-electron chi connectivity index (χ2n) is 8.62. The van der Waals surface area contributed by atoms with Crippen molar-refractivity contribution in [1.82, 2.24) is 15.2 Å². The van der Waals surface area contributed by atoms with Crippen LogP contribution in [0.25, 0.3) is 10.2 Å². The molecule has 1 amide bonds. The first-order chi connectivity index (χ1) is 14.5. The molecule has 0 radical (unpaired) electrons. The summed E-state index contributed by atoms with van der Waals surface area (Å²) in [5.74, 6) is 0.911. The van der Waals surface area contributed by atoms with Gasteiger partial charge in [-0.15, -0.1) is 0 Å². The van der Waals surface area contributed by atoms with Gasteiger partial charge < -0.3 is 10.1 Å². The highest BCUT2D eigenvalue weighted by Crippen LogP contribution is 2.37. The molecule has 5 nitrogen and oxygen atoms in total. The van der Waals surface area contributed by atoms with Crippen LogP contribution in [0, 0.1) is 6.92 Å². The van der Waals surface area contributed by atoms with E-state index in [2.05, 4.69) is 46.4 Å². The molecule has 6 heteroatoms. The first kappa shape index (κ1) is 19.5. The molecule has 5 rings (SSSR count). The Labute approximate surface area is 181 Å². The van der Waals surface area contributed by atoms with E-state index in [1.807, 2.05) is 18.2 Å². The van der Waals surface area contributed by atoms with Crippen molar-refractivity contribution in [3.05, 3.63) is 53.6 Å². The highest BCUT2D eigenvalue weighted by molar-refractivity contribution is 7.20. The van der Waals surface area contributed by atoms with E-state index < -0.39 is 0 Å². The molecule has 0 saturated carbocycles. The van der Waals surface area contributed by atoms with Crippen LogP contribution in [-0.2, 0) is 11.3 Å². The SMILES string of the molecule is CC(=O)N[C@H]1C[C@H]2CC[C@@H](C1)N2Cc1ccc(Oc2nc3ccc(C)cc3s2)cc1. The summed E-state index contributed by atoms with van der Waals surface area (Å²) in [6, 6.07) is 16.1. The molecule has 3 atom stereocenters. The molecule has 2 saturated heterocycles. The molecule has 2 bridgehead atoms. The molecule has 0 aliphatic carbocycles. The van der Waals surface area contributed by atoms with Gasteiger partial charge in [-0.25, -0.2) is 4.98 Å². The lowest BCUT2D eigenvalue weighted by Gasteiger charge is -2.39. The number of hydrogen-bond donors (Lipinski definition) is 1. The summed E-state index contributed by atoms with van der Waals surface area (Å²) in [6.45, 7) is 4.67. The second kappa shape index (κ2) is 8.00. The van der Waals surface area contributed by atoms with E-state index in [1.54, 1.807) is 18.3 Å². The van der Waals surface area contributed by atoms with E-state index in [0.717, 1.165) is 35.4 Å². The van der Waals surface area contributed by atoms with Crippen LogP contribution in [-0.4, -0.2) is 33.9 Å². The van der Waals surface area contributed by atoms with Crippen LogP contribution < -0.4 is 10.1 Å². The van der Waals surface area contributed by atoms with Gasteiger partial charge in [0.2, 0.25) is 5.91 Å². The van der Waals surface area contributed by atoms with Gasteiger partial charge in [-0.2, -0.15) is 0 Å². The number of hydrogen-bond acceptors (Lipinski definition) is 5. The predicted molar refractivity (Wildman–Crippen MR) is 120 cm³/mol. The van der Waals surface area contributed by atoms with Crippen molar-refractivity contribution in [3.63, 3.8) is 0 Å². The lowest BCUT2D eigenvalue weighted by Crippen LogP contribution is -2.49. The molecule has 1 N–H and O–H groups in total. The number of amides is 1. The topological polar surface area (TPSA) is 54.5 Å². The third-order valence-corrected chi connectivity index (χ3v) is 7.21. The molecule has 0 unspecified atom stereocenters. The Kier molecular flexibility index (Phi) is 5.21. The summed E-state index contributed by atoms with van der Waals surface area (Å²) >= 11 is 1.58. The number of nitrogens with one attached hydrogen (secondary N) is 1. The summed E-state index contributed by atoms with van der Waals surface area (Å²) in [4.78, 5) is 18.6. The highest BCUT2D eigenvalue weighted by atomic mass is 32.1. The molecule has 2 aromatic carbocycles. The summed E-state index contributed by atoms with van der Waals surface area (Å²) in [5.41, 5.74) is 3.52. The largest absolute Gasteiger partial charge is 0.431 e. The average Bonchev–Trinajstić information content (AvgIpc) is 3.19. The molecular weight excluding hydrogens is 394 g/mol. The van der Waals surface area contributed by atoms with Crippen LogP contribution >= 0.6 is 11.3 Å². The van der Waals surface area contributed by atoms with Gasteiger partial charge in [-0.1, -0.05) is 29.5 Å². The van der Waals surface area contributed by atoms with Gasteiger partial charge >= 0.3 is 0 Å². The number of benzene rings is 2. The van der Waals surface area contributed by atoms with Crippen molar-refractivity contribution in [2.45, 2.75) is 64.2 Å². The normalized spacial score (nSPS) is 23.6. The molecule has 1 aromatic heterocycles. The molecular formula is C24H27N3O2S. The standard InChI is InChI=1S/C24H27N3O2S/c1-15-3-10-22-23(11-15)30-24(26-22)29-21-8-4-17(5-9-21)14-27-19-6-7-20(27)13-18(12-19)25-16(2)28/h3-5,8-11,18-20H,6-7,12-14H2,1-2H3,(H,25,28)/t18-,19+,20-. The first-order valence-electron chi connectivity index (χ1n) is 10.7. The van der Waals surface area contributed by atoms with Crippen LogP contribution in [0.15, 0.2) is 42.5 Å². The molecule has 156 valence electrons. The van der Waals surface area contributed by atoms with E-state index in [4.69, 9.17) is 4.74 Å². The molecule has 2 aliphatic heterocycles. The van der Waals surface area contributed by atoms with Crippen LogP contribution in [0.2, 0.25) is 0 Å². The Morgan fingerprint density at radius 3 is 2.60 bits per heavy atom. The number of aromatic nitrogens is 1. The maximum atomic E-state index is 11.4. The lowest BCUT2D eigenvalue weighted by atomic mass is 9.96. The minimum absolute atomic E-state index is 0.0895. The van der Waals surface area contributed by atoms with Crippen LogP contribution in [0.5, 0.6) is 10.9 Å². The highest BCUT2D eigenvalue weighted by Gasteiger charge is 2.40. The van der Waals surface area contributed by atoms with Crippen LogP contribution in [0.1, 0.15) is 43.7 Å². The number of nitrogens with zero attached hydrogens (tertiary/aromatic N) is 2. The Morgan fingerprint density at radius 2 is 1.90 bits per heavy atom. The number of carbonyl (C=O) groups is 1. The molecule has 2 aliphatic rings. The van der Waals surface area contributed by atoms with Crippen molar-refractivity contribution in [3.8, 4) is 10.9 Å². The van der Waals surface area contributed by atoms with Crippen molar-refractivity contribution in [2.75, 3.05) is 0 Å². The molecule has 30 heavy (non-hydrogen) atoms. The van der Waals surface area contributed by atoms with Gasteiger partial charge in [0.15, 0.2) is 0 Å². The van der Waals surface area contributed by atoms with E-state index in [1.165, 1.54) is 24.0 Å². The third-order valence-electron chi connectivity index (χ3n) is 6.31. The van der Waals surface area contributed by atoms with Gasteiger partial charge in [0.1, 0.15) is 5.75 Å². The quantitative estimate of drug-likeness (QED) is 0.628. The Hall–Kier alpha value is -2.44. The fraction of sp³-hybridized carbons (Fsp3) is 0.417. The van der Waals surface area contributed by atoms with Crippen LogP contribution in [0.3, 0.4) is 0 Å². The van der Waals surface area contributed by atoms with Crippen LogP contribution in [0.4, 0.5) is 0 Å². The van der Waals surface area contributed by atoms with Gasteiger partial charge in [0, 0.05) is 31.6 Å². The zero-order chi connectivity index (χ0) is 20.7. The number of ether oxygens (including phenoxy) is 1. The first-order valence-corrected chi connectivity index (χ1v) is 11.5. The number of piperidine rings is 1. The van der Waals surface area contributed by atoms with Crippen molar-refractivity contribution < 1.29 is 9.53 Å². The Balaban J connectivity index is 1.23. The van der Waals surface area contributed by atoms with E-state index in [-0.39, 0.29) is 5.91 Å². The maximum Gasteiger partial charge on any atom is 0.279 e. The second-order valence-corrected chi connectivity index (χ2v) is 9.62. The van der Waals surface area contributed by atoms with Gasteiger partial charge in [0.05, 0.1) is 10.2 Å². The number of rotatable bonds is 5. The summed E-state index contributed by atoms with van der Waals surface area (Å²) in [6.07, 6.45) is 4.60. The number of thiazole rings is 1. The number of aryl methyl sites for hydroxylation is 1. The molecule has 3 heterocycles. The third kappa shape index (κ3) is 4.07. The zero-order valence-electron chi connectivity index (χ0n) is 17.4. The number of fused-ring (bicyclic) bond motifs is 3. The van der Waals surface area contributed by atoms with E-state index in [9.17, 15) is 4.79 Å². The lowest BCUT2D eigenvalue weighted by molar-refractivity contribution is -0.120. The Bertz CT molecular complexity index is 1050. The van der Waals surface area contributed by atoms with Crippen molar-refractivity contribution in [1.29, 1.82) is 0 Å². The maximum absolute atomic E-state index is 11.4. The van der Waals surface area contributed by atoms with Gasteiger partial charge in [-0.05, 0) is 68.0 Å². The van der Waals surface area contributed by atoms with E-state index >= 15 is 0 Å². The monoisotopic (exact) mass is 421 g/mol. The minimum atomic E-state index is 0.0895. The Morgan fingerprint density at radius 1 is 1.17 bits per heavy atom. The van der Waals surface area contributed by atoms with Gasteiger partial charge in [0.25, 0.3) is 5.19 Å².